The number of benzene rings is 3. The van der Waals surface area contributed by atoms with Crippen LogP contribution >= 0.6 is 11.6 Å². The van der Waals surface area contributed by atoms with Gasteiger partial charge in [0.25, 0.3) is 0 Å². The molecule has 0 aliphatic heterocycles. The monoisotopic (exact) mass is 400 g/mol. The highest BCUT2D eigenvalue weighted by Gasteiger charge is 2.19. The molecular formula is C20H19ClN3O2S. The zero-order valence-electron chi connectivity index (χ0n) is 14.4. The first kappa shape index (κ1) is 19.2. The summed E-state index contributed by atoms with van der Waals surface area (Å²) in [5.41, 5.74) is 3.23. The number of halogens is 1. The lowest BCUT2D eigenvalue weighted by Crippen LogP contribution is -2.16. The molecule has 0 bridgehead atoms. The maximum Gasteiger partial charge on any atom is 0.240 e. The van der Waals surface area contributed by atoms with Crippen LogP contribution in [0.15, 0.2) is 71.6 Å². The molecule has 0 spiro atoms. The molecule has 0 aliphatic carbocycles. The Balaban J connectivity index is 2.02. The number of rotatable bonds is 6. The van der Waals surface area contributed by atoms with Crippen molar-refractivity contribution in [2.75, 3.05) is 10.6 Å². The Bertz CT molecular complexity index is 1040. The molecule has 0 fully saturated rings. The normalized spacial score (nSPS) is 11.2. The van der Waals surface area contributed by atoms with Crippen LogP contribution in [0.25, 0.3) is 0 Å². The summed E-state index contributed by atoms with van der Waals surface area (Å²) in [5.74, 6) is 0. The van der Waals surface area contributed by atoms with Gasteiger partial charge in [0.15, 0.2) is 0 Å². The van der Waals surface area contributed by atoms with Crippen LogP contribution < -0.4 is 15.8 Å². The van der Waals surface area contributed by atoms with Crippen LogP contribution in [0, 0.1) is 6.92 Å². The lowest BCUT2D eigenvalue weighted by atomic mass is 10.1. The molecule has 0 unspecified atom stereocenters. The van der Waals surface area contributed by atoms with E-state index in [4.69, 9.17) is 16.7 Å². The van der Waals surface area contributed by atoms with E-state index in [0.29, 0.717) is 34.2 Å². The molecule has 0 atom stereocenters. The van der Waals surface area contributed by atoms with Gasteiger partial charge in [-0.1, -0.05) is 41.9 Å². The minimum absolute atomic E-state index is 0.0273. The Morgan fingerprint density at radius 2 is 1.67 bits per heavy atom. The molecule has 139 valence electrons. The van der Waals surface area contributed by atoms with E-state index >= 15 is 0 Å². The van der Waals surface area contributed by atoms with Gasteiger partial charge >= 0.3 is 0 Å². The molecule has 0 heterocycles. The van der Waals surface area contributed by atoms with Crippen molar-refractivity contribution in [1.82, 2.24) is 0 Å². The minimum atomic E-state index is -3.96. The highest BCUT2D eigenvalue weighted by Crippen LogP contribution is 2.34. The van der Waals surface area contributed by atoms with Crippen molar-refractivity contribution < 1.29 is 8.42 Å². The average Bonchev–Trinajstić information content (AvgIpc) is 2.63. The summed E-state index contributed by atoms with van der Waals surface area (Å²) in [6.45, 7) is 4.38. The average molecular weight is 401 g/mol. The van der Waals surface area contributed by atoms with E-state index in [1.165, 1.54) is 6.07 Å². The fourth-order valence-corrected chi connectivity index (χ4v) is 3.52. The first-order valence-electron chi connectivity index (χ1n) is 8.16. The van der Waals surface area contributed by atoms with Gasteiger partial charge in [-0.15, -0.1) is 0 Å². The van der Waals surface area contributed by atoms with Gasteiger partial charge in [0.1, 0.15) is 4.90 Å². The second-order valence-corrected chi connectivity index (χ2v) is 8.00. The highest BCUT2D eigenvalue weighted by atomic mass is 35.5. The summed E-state index contributed by atoms with van der Waals surface area (Å²) in [4.78, 5) is -0.0273. The second-order valence-electron chi connectivity index (χ2n) is 6.03. The van der Waals surface area contributed by atoms with Crippen molar-refractivity contribution in [2.24, 2.45) is 5.14 Å². The smallest absolute Gasteiger partial charge is 0.240 e. The Kier molecular flexibility index (Phi) is 5.70. The van der Waals surface area contributed by atoms with Crippen LogP contribution in [0.1, 0.15) is 11.1 Å². The third-order valence-corrected chi connectivity index (χ3v) is 5.09. The summed E-state index contributed by atoms with van der Waals surface area (Å²) in [7, 11) is -3.96. The number of hydrogen-bond acceptors (Lipinski definition) is 4. The Morgan fingerprint density at radius 3 is 2.30 bits per heavy atom. The quantitative estimate of drug-likeness (QED) is 0.567. The van der Waals surface area contributed by atoms with Gasteiger partial charge in [-0.05, 0) is 54.4 Å². The molecule has 0 amide bonds. The Morgan fingerprint density at radius 1 is 1.00 bits per heavy atom. The number of nitrogens with two attached hydrogens (primary N) is 1. The van der Waals surface area contributed by atoms with Gasteiger partial charge in [0.2, 0.25) is 10.0 Å². The maximum atomic E-state index is 12.1. The van der Waals surface area contributed by atoms with Crippen LogP contribution in [-0.2, 0) is 16.6 Å². The predicted molar refractivity (Wildman–Crippen MR) is 111 cm³/mol. The van der Waals surface area contributed by atoms with E-state index < -0.39 is 10.0 Å². The van der Waals surface area contributed by atoms with Gasteiger partial charge in [-0.25, -0.2) is 13.6 Å². The maximum absolute atomic E-state index is 12.1. The SMILES string of the molecule is [CH2]c1cc(NCc2ccccc2)c(Nc2ccc(Cl)cc2)c(S(N)(=O)=O)c1. The first-order chi connectivity index (χ1) is 12.8. The van der Waals surface area contributed by atoms with E-state index in [1.807, 2.05) is 30.3 Å². The lowest BCUT2D eigenvalue weighted by molar-refractivity contribution is 0.598. The number of sulfonamides is 1. The number of anilines is 3. The fourth-order valence-electron chi connectivity index (χ4n) is 2.64. The molecule has 0 aliphatic rings. The summed E-state index contributed by atoms with van der Waals surface area (Å²) >= 11 is 5.92. The van der Waals surface area contributed by atoms with E-state index in [-0.39, 0.29) is 4.90 Å². The van der Waals surface area contributed by atoms with E-state index in [9.17, 15) is 8.42 Å². The summed E-state index contributed by atoms with van der Waals surface area (Å²) < 4.78 is 24.3. The summed E-state index contributed by atoms with van der Waals surface area (Å²) in [6, 6.07) is 19.9. The molecule has 0 saturated carbocycles. The molecule has 4 N–H and O–H groups in total. The molecule has 5 nitrogen and oxygen atoms in total. The summed E-state index contributed by atoms with van der Waals surface area (Å²) in [6.07, 6.45) is 0. The molecule has 1 radical (unpaired) electrons. The number of nitrogens with one attached hydrogen (secondary N) is 2. The predicted octanol–water partition coefficient (Wildman–Crippen LogP) is 4.53. The highest BCUT2D eigenvalue weighted by molar-refractivity contribution is 7.89. The van der Waals surface area contributed by atoms with Crippen molar-refractivity contribution in [3.05, 3.63) is 89.8 Å². The Hall–Kier alpha value is -2.54. The molecule has 3 rings (SSSR count). The van der Waals surface area contributed by atoms with E-state index in [2.05, 4.69) is 17.6 Å². The molecular weight excluding hydrogens is 382 g/mol. The van der Waals surface area contributed by atoms with Crippen LogP contribution in [-0.4, -0.2) is 8.42 Å². The molecule has 0 saturated heterocycles. The van der Waals surface area contributed by atoms with Crippen molar-refractivity contribution in [1.29, 1.82) is 0 Å². The molecule has 7 heteroatoms. The largest absolute Gasteiger partial charge is 0.379 e. The third kappa shape index (κ3) is 5.01. The van der Waals surface area contributed by atoms with Gasteiger partial charge in [-0.3, -0.25) is 0 Å². The number of primary sulfonamides is 1. The van der Waals surface area contributed by atoms with Crippen LogP contribution in [0.2, 0.25) is 5.02 Å². The number of hydrogen-bond donors (Lipinski definition) is 3. The van der Waals surface area contributed by atoms with Crippen molar-refractivity contribution in [2.45, 2.75) is 11.4 Å². The molecule has 3 aromatic rings. The third-order valence-electron chi connectivity index (χ3n) is 3.91. The van der Waals surface area contributed by atoms with Gasteiger partial charge in [0.05, 0.1) is 11.4 Å². The summed E-state index contributed by atoms with van der Waals surface area (Å²) in [5, 5.41) is 12.4. The zero-order valence-corrected chi connectivity index (χ0v) is 16.0. The lowest BCUT2D eigenvalue weighted by Gasteiger charge is -2.18. The van der Waals surface area contributed by atoms with Gasteiger partial charge in [0, 0.05) is 17.3 Å². The molecule has 3 aromatic carbocycles. The first-order valence-corrected chi connectivity index (χ1v) is 10.1. The van der Waals surface area contributed by atoms with E-state index in [1.54, 1.807) is 30.3 Å². The van der Waals surface area contributed by atoms with Crippen molar-refractivity contribution >= 4 is 38.7 Å². The Labute approximate surface area is 164 Å². The van der Waals surface area contributed by atoms with Crippen LogP contribution in [0.5, 0.6) is 0 Å². The zero-order chi connectivity index (χ0) is 19.4. The van der Waals surface area contributed by atoms with Gasteiger partial charge < -0.3 is 10.6 Å². The van der Waals surface area contributed by atoms with Crippen molar-refractivity contribution in [3.8, 4) is 0 Å². The standard InChI is InChI=1S/C20H19ClN3O2S/c1-14-11-18(23-13-15-5-3-2-4-6-15)20(19(12-14)27(22,25)26)24-17-9-7-16(21)8-10-17/h2-12,23-24H,1,13H2,(H2,22,25,26). The fraction of sp³-hybridized carbons (Fsp3) is 0.0500. The van der Waals surface area contributed by atoms with E-state index in [0.717, 1.165) is 5.56 Å². The van der Waals surface area contributed by atoms with Crippen molar-refractivity contribution in [3.63, 3.8) is 0 Å². The topological polar surface area (TPSA) is 84.2 Å². The molecule has 27 heavy (non-hydrogen) atoms. The minimum Gasteiger partial charge on any atom is -0.379 e. The van der Waals surface area contributed by atoms with Crippen LogP contribution in [0.3, 0.4) is 0 Å². The molecule has 0 aromatic heterocycles. The van der Waals surface area contributed by atoms with Gasteiger partial charge in [-0.2, -0.15) is 0 Å². The second kappa shape index (κ2) is 8.00. The van der Waals surface area contributed by atoms with Crippen LogP contribution in [0.4, 0.5) is 17.1 Å².